The first-order valence-corrected chi connectivity index (χ1v) is 10.5. The van der Waals surface area contributed by atoms with Crippen molar-refractivity contribution in [1.82, 2.24) is 10.6 Å². The lowest BCUT2D eigenvalue weighted by atomic mass is 10.2. The average molecular weight is 413 g/mol. The van der Waals surface area contributed by atoms with Gasteiger partial charge in [0.2, 0.25) is 0 Å². The number of unbranched alkanes of at least 4 members (excludes halogenated alkanes) is 3. The van der Waals surface area contributed by atoms with Gasteiger partial charge in [-0.15, -0.1) is 0 Å². The SMILES string of the molecule is Cc1ccc(OCC(=O)NCCCCCCNC(=O)COc2ccc(C)cc2)cc1. The molecule has 6 heteroatoms. The molecule has 0 heterocycles. The van der Waals surface area contributed by atoms with Crippen LogP contribution in [-0.2, 0) is 9.59 Å². The molecule has 0 radical (unpaired) electrons. The number of carbonyl (C=O) groups is 2. The van der Waals surface area contributed by atoms with Gasteiger partial charge < -0.3 is 20.1 Å². The minimum Gasteiger partial charge on any atom is -0.484 e. The number of hydrogen-bond acceptors (Lipinski definition) is 4. The van der Waals surface area contributed by atoms with Crippen LogP contribution in [0.15, 0.2) is 48.5 Å². The summed E-state index contributed by atoms with van der Waals surface area (Å²) in [5.41, 5.74) is 2.31. The van der Waals surface area contributed by atoms with Gasteiger partial charge in [0.25, 0.3) is 11.8 Å². The third kappa shape index (κ3) is 9.96. The highest BCUT2D eigenvalue weighted by molar-refractivity contribution is 5.77. The van der Waals surface area contributed by atoms with Crippen LogP contribution in [0.1, 0.15) is 36.8 Å². The van der Waals surface area contributed by atoms with E-state index in [2.05, 4.69) is 10.6 Å². The van der Waals surface area contributed by atoms with Crippen molar-refractivity contribution in [2.24, 2.45) is 0 Å². The minimum atomic E-state index is -0.114. The van der Waals surface area contributed by atoms with Crippen molar-refractivity contribution in [2.45, 2.75) is 39.5 Å². The lowest BCUT2D eigenvalue weighted by molar-refractivity contribution is -0.123. The number of rotatable bonds is 13. The summed E-state index contributed by atoms with van der Waals surface area (Å²) in [6, 6.07) is 15.2. The van der Waals surface area contributed by atoms with Crippen molar-refractivity contribution in [1.29, 1.82) is 0 Å². The molecule has 0 aliphatic carbocycles. The van der Waals surface area contributed by atoms with E-state index in [4.69, 9.17) is 9.47 Å². The van der Waals surface area contributed by atoms with Crippen LogP contribution in [0.3, 0.4) is 0 Å². The fourth-order valence-electron chi connectivity index (χ4n) is 2.73. The molecule has 0 saturated carbocycles. The Labute approximate surface area is 179 Å². The van der Waals surface area contributed by atoms with Crippen molar-refractivity contribution in [3.63, 3.8) is 0 Å². The van der Waals surface area contributed by atoms with Gasteiger partial charge in [-0.25, -0.2) is 0 Å². The van der Waals surface area contributed by atoms with Crippen molar-refractivity contribution < 1.29 is 19.1 Å². The Bertz CT molecular complexity index is 705. The molecule has 0 fully saturated rings. The first-order chi connectivity index (χ1) is 14.5. The van der Waals surface area contributed by atoms with E-state index in [1.54, 1.807) is 0 Å². The van der Waals surface area contributed by atoms with E-state index in [-0.39, 0.29) is 25.0 Å². The topological polar surface area (TPSA) is 76.7 Å². The summed E-state index contributed by atoms with van der Waals surface area (Å²) in [5, 5.41) is 5.72. The van der Waals surface area contributed by atoms with E-state index in [9.17, 15) is 9.59 Å². The molecule has 6 nitrogen and oxygen atoms in total. The normalized spacial score (nSPS) is 10.3. The monoisotopic (exact) mass is 412 g/mol. The maximum Gasteiger partial charge on any atom is 0.257 e. The van der Waals surface area contributed by atoms with Gasteiger partial charge in [-0.05, 0) is 51.0 Å². The van der Waals surface area contributed by atoms with Gasteiger partial charge in [-0.1, -0.05) is 48.2 Å². The molecule has 30 heavy (non-hydrogen) atoms. The third-order valence-electron chi connectivity index (χ3n) is 4.53. The second kappa shape index (κ2) is 13.2. The molecule has 2 N–H and O–H groups in total. The van der Waals surface area contributed by atoms with Crippen molar-refractivity contribution in [2.75, 3.05) is 26.3 Å². The molecule has 2 rings (SSSR count). The number of aryl methyl sites for hydroxylation is 2. The number of ether oxygens (including phenoxy) is 2. The van der Waals surface area contributed by atoms with E-state index in [0.29, 0.717) is 24.6 Å². The molecular formula is C24H32N2O4. The largest absolute Gasteiger partial charge is 0.484 e. The minimum absolute atomic E-state index is 0.0275. The van der Waals surface area contributed by atoms with Crippen LogP contribution in [-0.4, -0.2) is 38.1 Å². The molecule has 0 aromatic heterocycles. The van der Waals surface area contributed by atoms with Crippen LogP contribution in [0.2, 0.25) is 0 Å². The Balaban J connectivity index is 1.41. The van der Waals surface area contributed by atoms with Gasteiger partial charge >= 0.3 is 0 Å². The van der Waals surface area contributed by atoms with Gasteiger partial charge in [0, 0.05) is 13.1 Å². The first kappa shape index (κ1) is 23.3. The van der Waals surface area contributed by atoms with Crippen molar-refractivity contribution >= 4 is 11.8 Å². The van der Waals surface area contributed by atoms with Gasteiger partial charge in [-0.3, -0.25) is 9.59 Å². The molecule has 2 amide bonds. The van der Waals surface area contributed by atoms with Crippen LogP contribution in [0.5, 0.6) is 11.5 Å². The molecule has 0 aliphatic heterocycles. The lowest BCUT2D eigenvalue weighted by Gasteiger charge is -2.09. The molecule has 162 valence electrons. The van der Waals surface area contributed by atoms with Crippen molar-refractivity contribution in [3.05, 3.63) is 59.7 Å². The quantitative estimate of drug-likeness (QED) is 0.493. The fraction of sp³-hybridized carbons (Fsp3) is 0.417. The van der Waals surface area contributed by atoms with Crippen LogP contribution < -0.4 is 20.1 Å². The van der Waals surface area contributed by atoms with Gasteiger partial charge in [0.15, 0.2) is 13.2 Å². The fourth-order valence-corrected chi connectivity index (χ4v) is 2.73. The molecule has 2 aromatic carbocycles. The van der Waals surface area contributed by atoms with E-state index in [1.807, 2.05) is 62.4 Å². The zero-order valence-corrected chi connectivity index (χ0v) is 17.9. The van der Waals surface area contributed by atoms with E-state index < -0.39 is 0 Å². The highest BCUT2D eigenvalue weighted by Crippen LogP contribution is 2.11. The number of benzene rings is 2. The highest BCUT2D eigenvalue weighted by atomic mass is 16.5. The van der Waals surface area contributed by atoms with E-state index >= 15 is 0 Å². The maximum absolute atomic E-state index is 11.8. The first-order valence-electron chi connectivity index (χ1n) is 10.5. The number of amides is 2. The summed E-state index contributed by atoms with van der Waals surface area (Å²) in [5.74, 6) is 1.16. The molecule has 0 unspecified atom stereocenters. The maximum atomic E-state index is 11.8. The molecule has 2 aromatic rings. The standard InChI is InChI=1S/C24H32N2O4/c1-19-7-11-21(12-8-19)29-17-23(27)25-15-5-3-4-6-16-26-24(28)18-30-22-13-9-20(2)10-14-22/h7-14H,3-6,15-18H2,1-2H3,(H,25,27)(H,26,28). The van der Waals surface area contributed by atoms with E-state index in [1.165, 1.54) is 0 Å². The summed E-state index contributed by atoms with van der Waals surface area (Å²) in [6.07, 6.45) is 3.80. The predicted octanol–water partition coefficient (Wildman–Crippen LogP) is 3.55. The van der Waals surface area contributed by atoms with Gasteiger partial charge in [-0.2, -0.15) is 0 Å². The molecule has 0 saturated heterocycles. The summed E-state index contributed by atoms with van der Waals surface area (Å²) in [4.78, 5) is 23.6. The van der Waals surface area contributed by atoms with Gasteiger partial charge in [0.05, 0.1) is 0 Å². The van der Waals surface area contributed by atoms with Crippen molar-refractivity contribution in [3.8, 4) is 11.5 Å². The summed E-state index contributed by atoms with van der Waals surface area (Å²) >= 11 is 0. The number of carbonyl (C=O) groups excluding carboxylic acids is 2. The molecule has 0 atom stereocenters. The smallest absolute Gasteiger partial charge is 0.257 e. The highest BCUT2D eigenvalue weighted by Gasteiger charge is 2.03. The Morgan fingerprint density at radius 1 is 0.633 bits per heavy atom. The summed E-state index contributed by atoms with van der Waals surface area (Å²) in [7, 11) is 0. The summed E-state index contributed by atoms with van der Waals surface area (Å²) in [6.45, 7) is 5.33. The lowest BCUT2D eigenvalue weighted by Crippen LogP contribution is -2.30. The average Bonchev–Trinajstić information content (AvgIpc) is 2.74. The third-order valence-corrected chi connectivity index (χ3v) is 4.53. The Kier molecular flexibility index (Phi) is 10.3. The van der Waals surface area contributed by atoms with E-state index in [0.717, 1.165) is 36.8 Å². The molecule has 0 bridgehead atoms. The zero-order chi connectivity index (χ0) is 21.6. The van der Waals surface area contributed by atoms with Crippen LogP contribution in [0.4, 0.5) is 0 Å². The van der Waals surface area contributed by atoms with Crippen LogP contribution >= 0.6 is 0 Å². The van der Waals surface area contributed by atoms with Crippen LogP contribution in [0, 0.1) is 13.8 Å². The molecule has 0 aliphatic rings. The predicted molar refractivity (Wildman–Crippen MR) is 118 cm³/mol. The number of hydrogen-bond donors (Lipinski definition) is 2. The molecule has 0 spiro atoms. The van der Waals surface area contributed by atoms with Crippen LogP contribution in [0.25, 0.3) is 0 Å². The second-order valence-electron chi connectivity index (χ2n) is 7.32. The number of nitrogens with one attached hydrogen (secondary N) is 2. The Hall–Kier alpha value is -3.02. The Morgan fingerprint density at radius 2 is 1.00 bits per heavy atom. The Morgan fingerprint density at radius 3 is 1.37 bits per heavy atom. The van der Waals surface area contributed by atoms with Gasteiger partial charge in [0.1, 0.15) is 11.5 Å². The second-order valence-corrected chi connectivity index (χ2v) is 7.32. The zero-order valence-electron chi connectivity index (χ0n) is 17.9. The summed E-state index contributed by atoms with van der Waals surface area (Å²) < 4.78 is 10.9. The molecular weight excluding hydrogens is 380 g/mol.